The van der Waals surface area contributed by atoms with Gasteiger partial charge in [0.2, 0.25) is 0 Å². The Morgan fingerprint density at radius 2 is 2.17 bits per heavy atom. The van der Waals surface area contributed by atoms with Crippen molar-refractivity contribution in [2.24, 2.45) is 0 Å². The maximum atomic E-state index is 12.2. The number of thiazole rings is 1. The smallest absolute Gasteiger partial charge is 0.273 e. The largest absolute Gasteiger partial charge is 0.337 e. The molecule has 0 aliphatic rings. The van der Waals surface area contributed by atoms with Crippen LogP contribution in [0, 0.1) is 0 Å². The zero-order chi connectivity index (χ0) is 17.0. The Kier molecular flexibility index (Phi) is 5.76. The molecule has 0 bridgehead atoms. The maximum absolute atomic E-state index is 12.2. The van der Waals surface area contributed by atoms with Crippen LogP contribution in [0.1, 0.15) is 20.8 Å². The second-order valence-corrected chi connectivity index (χ2v) is 6.29. The van der Waals surface area contributed by atoms with Crippen LogP contribution in [0.25, 0.3) is 0 Å². The van der Waals surface area contributed by atoms with E-state index in [2.05, 4.69) is 16.9 Å². The van der Waals surface area contributed by atoms with Gasteiger partial charge in [-0.2, -0.15) is 0 Å². The number of benzene rings is 1. The number of nitrogens with zero attached hydrogens (tertiary/aromatic N) is 2. The van der Waals surface area contributed by atoms with Gasteiger partial charge in [-0.3, -0.25) is 14.9 Å². The number of amides is 2. The van der Waals surface area contributed by atoms with Crippen LogP contribution in [-0.4, -0.2) is 35.3 Å². The first-order valence-electron chi connectivity index (χ1n) is 6.50. The van der Waals surface area contributed by atoms with Gasteiger partial charge < -0.3 is 4.90 Å². The highest BCUT2D eigenvalue weighted by Crippen LogP contribution is 2.23. The van der Waals surface area contributed by atoms with Gasteiger partial charge in [-0.15, -0.1) is 17.9 Å². The molecular formula is C15H13Cl2N3O2S. The zero-order valence-electron chi connectivity index (χ0n) is 12.2. The van der Waals surface area contributed by atoms with Crippen molar-refractivity contribution >= 4 is 51.5 Å². The first-order chi connectivity index (χ1) is 10.9. The molecule has 1 heterocycles. The molecule has 0 saturated heterocycles. The van der Waals surface area contributed by atoms with Gasteiger partial charge in [0.25, 0.3) is 11.8 Å². The van der Waals surface area contributed by atoms with E-state index in [9.17, 15) is 9.59 Å². The molecule has 1 aromatic carbocycles. The average molecular weight is 370 g/mol. The van der Waals surface area contributed by atoms with Gasteiger partial charge in [0.1, 0.15) is 5.69 Å². The lowest BCUT2D eigenvalue weighted by Gasteiger charge is -2.12. The molecule has 0 spiro atoms. The van der Waals surface area contributed by atoms with E-state index >= 15 is 0 Å². The molecule has 1 aromatic heterocycles. The number of hydrogen-bond acceptors (Lipinski definition) is 4. The molecule has 0 fully saturated rings. The molecule has 0 aliphatic carbocycles. The van der Waals surface area contributed by atoms with E-state index in [1.54, 1.807) is 24.6 Å². The van der Waals surface area contributed by atoms with Gasteiger partial charge in [0.05, 0.1) is 10.6 Å². The highest BCUT2D eigenvalue weighted by Gasteiger charge is 2.17. The Hall–Kier alpha value is -1.89. The average Bonchev–Trinajstić information content (AvgIpc) is 2.94. The fourth-order valence-electron chi connectivity index (χ4n) is 1.74. The number of anilines is 1. The van der Waals surface area contributed by atoms with Crippen LogP contribution in [0.2, 0.25) is 10.0 Å². The van der Waals surface area contributed by atoms with Crippen molar-refractivity contribution in [1.29, 1.82) is 0 Å². The minimum atomic E-state index is -0.417. The molecule has 0 atom stereocenters. The lowest BCUT2D eigenvalue weighted by molar-refractivity contribution is 0.0805. The number of likely N-dealkylation sites (N-methyl/N-ethyl adjacent to an activating group) is 1. The number of aromatic nitrogens is 1. The summed E-state index contributed by atoms with van der Waals surface area (Å²) in [6.45, 7) is 3.99. The first-order valence-corrected chi connectivity index (χ1v) is 8.14. The summed E-state index contributed by atoms with van der Waals surface area (Å²) in [5.41, 5.74) is 0.541. The Morgan fingerprint density at radius 1 is 1.43 bits per heavy atom. The van der Waals surface area contributed by atoms with E-state index in [0.717, 1.165) is 11.3 Å². The summed E-state index contributed by atoms with van der Waals surface area (Å²) in [4.78, 5) is 29.8. The van der Waals surface area contributed by atoms with Crippen LogP contribution in [0.15, 0.2) is 36.2 Å². The number of rotatable bonds is 5. The second kappa shape index (κ2) is 7.59. The monoisotopic (exact) mass is 369 g/mol. The highest BCUT2D eigenvalue weighted by molar-refractivity contribution is 7.14. The van der Waals surface area contributed by atoms with E-state index in [4.69, 9.17) is 23.2 Å². The number of halogens is 2. The Morgan fingerprint density at radius 3 is 2.83 bits per heavy atom. The van der Waals surface area contributed by atoms with Crippen LogP contribution in [0.4, 0.5) is 5.13 Å². The normalized spacial score (nSPS) is 10.2. The van der Waals surface area contributed by atoms with Gasteiger partial charge in [-0.05, 0) is 18.2 Å². The first kappa shape index (κ1) is 17.5. The van der Waals surface area contributed by atoms with Crippen molar-refractivity contribution in [2.75, 3.05) is 18.9 Å². The van der Waals surface area contributed by atoms with E-state index in [-0.39, 0.29) is 22.2 Å². The second-order valence-electron chi connectivity index (χ2n) is 4.59. The summed E-state index contributed by atoms with van der Waals surface area (Å²) >= 11 is 12.9. The molecule has 0 radical (unpaired) electrons. The van der Waals surface area contributed by atoms with E-state index in [0.29, 0.717) is 16.7 Å². The third-order valence-corrected chi connectivity index (χ3v) is 4.17. The fraction of sp³-hybridized carbons (Fsp3) is 0.133. The molecular weight excluding hydrogens is 357 g/mol. The predicted molar refractivity (Wildman–Crippen MR) is 93.7 cm³/mol. The summed E-state index contributed by atoms with van der Waals surface area (Å²) < 4.78 is 0. The summed E-state index contributed by atoms with van der Waals surface area (Å²) in [5.74, 6) is -0.661. The van der Waals surface area contributed by atoms with E-state index < -0.39 is 5.91 Å². The Labute approximate surface area is 147 Å². The molecule has 2 amide bonds. The molecule has 5 nitrogen and oxygen atoms in total. The Bertz CT molecular complexity index is 761. The summed E-state index contributed by atoms with van der Waals surface area (Å²) in [7, 11) is 1.65. The van der Waals surface area contributed by atoms with Gasteiger partial charge in [-0.1, -0.05) is 29.3 Å². The van der Waals surface area contributed by atoms with Crippen molar-refractivity contribution in [1.82, 2.24) is 9.88 Å². The standard InChI is InChI=1S/C15H13Cl2N3O2S/c1-3-6-20(2)14(22)12-8-23-15(18-12)19-13(21)10-5-4-9(16)7-11(10)17/h3-5,7-8H,1,6H2,2H3,(H,18,19,21). The Balaban J connectivity index is 2.11. The number of carbonyl (C=O) groups is 2. The van der Waals surface area contributed by atoms with Gasteiger partial charge in [-0.25, -0.2) is 4.98 Å². The van der Waals surface area contributed by atoms with Crippen molar-refractivity contribution in [3.05, 3.63) is 57.5 Å². The SMILES string of the molecule is C=CCN(C)C(=O)c1csc(NC(=O)c2ccc(Cl)cc2Cl)n1. The van der Waals surface area contributed by atoms with Crippen LogP contribution >= 0.6 is 34.5 Å². The quantitative estimate of drug-likeness (QED) is 0.811. The minimum Gasteiger partial charge on any atom is -0.337 e. The molecule has 23 heavy (non-hydrogen) atoms. The molecule has 2 aromatic rings. The molecule has 1 N–H and O–H groups in total. The number of nitrogens with one attached hydrogen (secondary N) is 1. The van der Waals surface area contributed by atoms with Crippen LogP contribution in [0.5, 0.6) is 0 Å². The summed E-state index contributed by atoms with van der Waals surface area (Å²) in [6, 6.07) is 4.58. The van der Waals surface area contributed by atoms with Crippen LogP contribution in [-0.2, 0) is 0 Å². The van der Waals surface area contributed by atoms with Crippen LogP contribution < -0.4 is 5.32 Å². The lowest BCUT2D eigenvalue weighted by atomic mass is 10.2. The lowest BCUT2D eigenvalue weighted by Crippen LogP contribution is -2.27. The molecule has 0 unspecified atom stereocenters. The van der Waals surface area contributed by atoms with Gasteiger partial charge in [0, 0.05) is 24.0 Å². The van der Waals surface area contributed by atoms with Gasteiger partial charge >= 0.3 is 0 Å². The molecule has 120 valence electrons. The van der Waals surface area contributed by atoms with Gasteiger partial charge in [0.15, 0.2) is 5.13 Å². The molecule has 8 heteroatoms. The maximum Gasteiger partial charge on any atom is 0.273 e. The summed E-state index contributed by atoms with van der Waals surface area (Å²) in [6.07, 6.45) is 1.62. The van der Waals surface area contributed by atoms with Crippen molar-refractivity contribution in [3.8, 4) is 0 Å². The molecule has 0 aliphatic heterocycles. The van der Waals surface area contributed by atoms with Crippen molar-refractivity contribution < 1.29 is 9.59 Å². The predicted octanol–water partition coefficient (Wildman–Crippen LogP) is 3.96. The molecule has 2 rings (SSSR count). The topological polar surface area (TPSA) is 62.3 Å². The fourth-order valence-corrected chi connectivity index (χ4v) is 2.91. The third-order valence-electron chi connectivity index (χ3n) is 2.87. The van der Waals surface area contributed by atoms with E-state index in [1.807, 2.05) is 0 Å². The minimum absolute atomic E-state index is 0.244. The van der Waals surface area contributed by atoms with E-state index in [1.165, 1.54) is 17.0 Å². The van der Waals surface area contributed by atoms with Crippen molar-refractivity contribution in [2.45, 2.75) is 0 Å². The third kappa shape index (κ3) is 4.31. The van der Waals surface area contributed by atoms with Crippen molar-refractivity contribution in [3.63, 3.8) is 0 Å². The van der Waals surface area contributed by atoms with Crippen LogP contribution in [0.3, 0.4) is 0 Å². The summed E-state index contributed by atoms with van der Waals surface area (Å²) in [5, 5.41) is 5.20. The molecule has 0 saturated carbocycles. The number of hydrogen-bond donors (Lipinski definition) is 1. The highest BCUT2D eigenvalue weighted by atomic mass is 35.5. The zero-order valence-corrected chi connectivity index (χ0v) is 14.5. The number of carbonyl (C=O) groups excluding carboxylic acids is 2.